The monoisotopic (exact) mass is 1140 g/mol. The fourth-order valence-corrected chi connectivity index (χ4v) is 22.5. The van der Waals surface area contributed by atoms with Gasteiger partial charge in [0.25, 0.3) is 0 Å². The molecule has 85 heavy (non-hydrogen) atoms. The van der Waals surface area contributed by atoms with E-state index in [-0.39, 0.29) is 39.4 Å². The molecular formula is C79H100N2O4. The molecule has 0 aromatic heterocycles. The summed E-state index contributed by atoms with van der Waals surface area (Å²) in [4.78, 5) is 14.4. The summed E-state index contributed by atoms with van der Waals surface area (Å²) in [6.07, 6.45) is 41.1. The van der Waals surface area contributed by atoms with Gasteiger partial charge in [-0.2, -0.15) is 0 Å². The van der Waals surface area contributed by atoms with Crippen LogP contribution in [0.3, 0.4) is 0 Å². The average molecular weight is 1140 g/mol. The minimum atomic E-state index is -0.725. The van der Waals surface area contributed by atoms with Crippen molar-refractivity contribution in [3.63, 3.8) is 0 Å². The number of nitrogens with one attached hydrogen (secondary N) is 2. The van der Waals surface area contributed by atoms with Crippen LogP contribution in [0.5, 0.6) is 0 Å². The number of aliphatic carboxylic acids is 1. The zero-order valence-electron chi connectivity index (χ0n) is 51.9. The maximum atomic E-state index is 14.4. The first kappa shape index (κ1) is 57.6. The van der Waals surface area contributed by atoms with Crippen molar-refractivity contribution in [3.05, 3.63) is 171 Å². The summed E-state index contributed by atoms with van der Waals surface area (Å²) in [6, 6.07) is 27.8. The molecule has 5 N–H and O–H groups in total. The Balaban J connectivity index is 0.961. The second kappa shape index (κ2) is 22.8. The lowest BCUT2D eigenvalue weighted by molar-refractivity contribution is -0.164. The van der Waals surface area contributed by atoms with Gasteiger partial charge in [0.1, 0.15) is 0 Å². The van der Waals surface area contributed by atoms with E-state index in [1.807, 2.05) is 0 Å². The fraction of sp³-hybridized carbons (Fsp3) is 0.582. The van der Waals surface area contributed by atoms with Gasteiger partial charge in [0.2, 0.25) is 0 Å². The predicted octanol–water partition coefficient (Wildman–Crippen LogP) is 15.2. The molecule has 0 amide bonds. The van der Waals surface area contributed by atoms with Crippen LogP contribution in [-0.2, 0) is 24.1 Å². The largest absolute Gasteiger partial charge is 0.481 e. The Kier molecular flexibility index (Phi) is 15.4. The highest BCUT2D eigenvalue weighted by molar-refractivity contribution is 5.78. The number of hydrogen-bond donors (Lipinski definition) is 5. The van der Waals surface area contributed by atoms with Crippen LogP contribution in [-0.4, -0.2) is 46.6 Å². The molecule has 3 aromatic rings. The van der Waals surface area contributed by atoms with E-state index >= 15 is 0 Å². The third kappa shape index (κ3) is 9.54. The molecule has 6 nitrogen and oxygen atoms in total. The smallest absolute Gasteiger partial charge is 0.306 e. The van der Waals surface area contributed by atoms with Crippen molar-refractivity contribution in [1.82, 2.24) is 10.6 Å². The molecule has 2 spiro atoms. The molecule has 0 saturated heterocycles. The van der Waals surface area contributed by atoms with Crippen molar-refractivity contribution in [1.29, 1.82) is 0 Å². The van der Waals surface area contributed by atoms with E-state index in [2.05, 4.69) is 141 Å². The lowest BCUT2D eigenvalue weighted by Gasteiger charge is -2.73. The van der Waals surface area contributed by atoms with E-state index < -0.39 is 29.5 Å². The number of carboxylic acids is 1. The van der Waals surface area contributed by atoms with Crippen LogP contribution in [0.15, 0.2) is 138 Å². The standard InChI is InChI=1S/C79H100N2O4/c1-51(29-32-53-18-8-5-9-19-53)30-33-56-23-15-27-61-63(56)46-67-65-47-77-40-17-39-75(3)70(83)38-42-78(67,74(75)77)66-37-41-76(4)72(69(82)49-79(76,68(66)48-77)59-25-12-7-13-26-59)62(73(84)85)35-31-52(2)60(55-21-10-6-11-22-55)28-16-43-80-71-36-34-58(50-81-71)57-24-14-20-54(44-57)45-64(61)65/h5,8-9,14-15,17-20,23-24,27,34,36,40,44,46-47,51,55,59-60,62,67,69-70,72,74,80-83H,2,6-7,10-13,16,21-22,25-26,28-33,35,37-39,41-43,45,48-50H2,1,3-4H3,(H,84,85). The van der Waals surface area contributed by atoms with Gasteiger partial charge in [-0.15, -0.1) is 0 Å². The number of fused-ring (bicyclic) bond motifs is 1. The van der Waals surface area contributed by atoms with Crippen molar-refractivity contribution in [2.45, 2.75) is 200 Å². The molecule has 0 radical (unpaired) electrons. The van der Waals surface area contributed by atoms with Crippen LogP contribution in [0.25, 0.3) is 17.2 Å². The number of rotatable bonds is 9. The Morgan fingerprint density at radius 1 is 0.800 bits per heavy atom. The topological polar surface area (TPSA) is 102 Å². The highest BCUT2D eigenvalue weighted by Crippen LogP contribution is 2.82. The van der Waals surface area contributed by atoms with Gasteiger partial charge < -0.3 is 26.0 Å². The number of allylic oxidation sites excluding steroid dienone is 9. The number of dihydropyridines is 1. The number of hydrogen-bond acceptors (Lipinski definition) is 5. The number of benzene rings is 3. The second-order valence-electron chi connectivity index (χ2n) is 30.4. The molecule has 13 atom stereocenters. The lowest BCUT2D eigenvalue weighted by atomic mass is 9.30. The first-order chi connectivity index (χ1) is 41.3. The van der Waals surface area contributed by atoms with Gasteiger partial charge >= 0.3 is 5.97 Å². The van der Waals surface area contributed by atoms with Crippen LogP contribution < -0.4 is 21.1 Å². The molecule has 14 bridgehead atoms. The summed E-state index contributed by atoms with van der Waals surface area (Å²) in [5.74, 6) is 1.59. The number of aliphatic hydroxyl groups is 2. The van der Waals surface area contributed by atoms with E-state index in [4.69, 9.17) is 6.58 Å². The minimum Gasteiger partial charge on any atom is -0.481 e. The van der Waals surface area contributed by atoms with E-state index in [1.165, 1.54) is 113 Å². The zero-order valence-corrected chi connectivity index (χ0v) is 51.9. The molecular weight excluding hydrogens is 1040 g/mol. The van der Waals surface area contributed by atoms with Gasteiger partial charge in [-0.3, -0.25) is 4.79 Å². The molecule has 18 rings (SSSR count). The molecule has 13 unspecified atom stereocenters. The van der Waals surface area contributed by atoms with Gasteiger partial charge in [0, 0.05) is 46.6 Å². The van der Waals surface area contributed by atoms with Crippen LogP contribution in [0.2, 0.25) is 0 Å². The molecule has 3 aromatic carbocycles. The quantitative estimate of drug-likeness (QED) is 0.137. The maximum Gasteiger partial charge on any atom is 0.306 e. The number of carboxylic acid groups (broad SMARTS) is 1. The molecule has 15 aliphatic rings. The Labute approximate surface area is 509 Å². The summed E-state index contributed by atoms with van der Waals surface area (Å²) in [7, 11) is 0. The second-order valence-corrected chi connectivity index (χ2v) is 30.4. The van der Waals surface area contributed by atoms with Crippen molar-refractivity contribution in [2.75, 3.05) is 13.1 Å². The Morgan fingerprint density at radius 3 is 2.38 bits per heavy atom. The minimum absolute atomic E-state index is 0.112. The molecule has 4 saturated carbocycles. The molecule has 6 aliphatic heterocycles. The van der Waals surface area contributed by atoms with Gasteiger partial charge in [-0.25, -0.2) is 0 Å². The van der Waals surface area contributed by atoms with Crippen molar-refractivity contribution in [2.24, 2.45) is 74.4 Å². The highest BCUT2D eigenvalue weighted by Gasteiger charge is 2.76. The summed E-state index contributed by atoms with van der Waals surface area (Å²) in [6.45, 7) is 14.0. The molecule has 6 heterocycles. The van der Waals surface area contributed by atoms with Crippen LogP contribution >= 0.6 is 0 Å². The molecule has 450 valence electrons. The van der Waals surface area contributed by atoms with Crippen LogP contribution in [0.1, 0.15) is 191 Å². The van der Waals surface area contributed by atoms with Gasteiger partial charge in [-0.05, 0) is 219 Å². The Morgan fingerprint density at radius 2 is 1.59 bits per heavy atom. The summed E-state index contributed by atoms with van der Waals surface area (Å²) < 4.78 is 0. The Bertz CT molecular complexity index is 3370. The van der Waals surface area contributed by atoms with Gasteiger partial charge in [0.15, 0.2) is 0 Å². The maximum absolute atomic E-state index is 14.4. The molecule has 9 aliphatic carbocycles. The zero-order chi connectivity index (χ0) is 58.3. The average Bonchev–Trinajstić information content (AvgIpc) is 1.57. The normalized spacial score (nSPS) is 36.8. The van der Waals surface area contributed by atoms with Crippen molar-refractivity contribution >= 4 is 23.2 Å². The van der Waals surface area contributed by atoms with E-state index in [0.717, 1.165) is 109 Å². The van der Waals surface area contributed by atoms with E-state index in [1.54, 1.807) is 11.1 Å². The first-order valence-corrected chi connectivity index (χ1v) is 34.5. The summed E-state index contributed by atoms with van der Waals surface area (Å²) >= 11 is 0. The van der Waals surface area contributed by atoms with Crippen molar-refractivity contribution < 1.29 is 20.1 Å². The van der Waals surface area contributed by atoms with Crippen LogP contribution in [0, 0.1) is 74.4 Å². The fourth-order valence-electron chi connectivity index (χ4n) is 22.5. The van der Waals surface area contributed by atoms with Crippen LogP contribution in [0.4, 0.5) is 0 Å². The molecule has 4 fully saturated rings. The number of aliphatic hydroxyl groups excluding tert-OH is 2. The van der Waals surface area contributed by atoms with Gasteiger partial charge in [-0.1, -0.05) is 186 Å². The summed E-state index contributed by atoms with van der Waals surface area (Å²) in [5.41, 5.74) is 12.7. The lowest BCUT2D eigenvalue weighted by Crippen LogP contribution is -2.68. The predicted molar refractivity (Wildman–Crippen MR) is 346 cm³/mol. The van der Waals surface area contributed by atoms with Gasteiger partial charge in [0.05, 0.1) is 23.9 Å². The number of carbonyl (C=O) groups is 1. The van der Waals surface area contributed by atoms with E-state index in [9.17, 15) is 20.1 Å². The SMILES string of the molecule is C=C1CCC(C(=O)O)C2C(O)CC3(C4CCCCC4)C4=C(CCC23C)C23CCC(O)C5(C)CC=CC(C=C6C(=c7cccc(CCC(C)CCc8ccccc8)c7=CC62)Cc2cccc(c2)C2=CC=C(NCCCC1C1CCCCC1)NC2)(C4)C53. The first-order valence-electron chi connectivity index (χ1n) is 34.5. The third-order valence-electron chi connectivity index (χ3n) is 26.2. The number of aryl methyl sites for hydroxylation is 2. The highest BCUT2D eigenvalue weighted by atomic mass is 16.4. The third-order valence-corrected chi connectivity index (χ3v) is 26.2. The Hall–Kier alpha value is -5.17. The summed E-state index contributed by atoms with van der Waals surface area (Å²) in [5, 5.41) is 48.3. The van der Waals surface area contributed by atoms with E-state index in [0.29, 0.717) is 42.9 Å². The van der Waals surface area contributed by atoms with Crippen molar-refractivity contribution in [3.8, 4) is 0 Å². The molecule has 6 heteroatoms.